The molecule has 1 aliphatic heterocycles. The van der Waals surface area contributed by atoms with Crippen molar-refractivity contribution in [3.8, 4) is 0 Å². The third-order valence-electron chi connectivity index (χ3n) is 3.86. The highest BCUT2D eigenvalue weighted by Crippen LogP contribution is 2.26. The van der Waals surface area contributed by atoms with Crippen LogP contribution in [0.25, 0.3) is 0 Å². The van der Waals surface area contributed by atoms with E-state index in [2.05, 4.69) is 18.9 Å². The molecule has 1 N–H and O–H groups in total. The molecule has 1 aromatic rings. The number of hydrogen-bond donors (Lipinski definition) is 1. The minimum absolute atomic E-state index is 0.311. The van der Waals surface area contributed by atoms with Gasteiger partial charge in [-0.25, -0.2) is 4.79 Å². The van der Waals surface area contributed by atoms with Gasteiger partial charge in [0.1, 0.15) is 0 Å². The Morgan fingerprint density at radius 2 is 2.05 bits per heavy atom. The largest absolute Gasteiger partial charge is 0.465 e. The number of benzene rings is 1. The Balaban J connectivity index is 2.06. The van der Waals surface area contributed by atoms with E-state index in [0.29, 0.717) is 25.0 Å². The maximum Gasteiger partial charge on any atom is 0.407 e. The van der Waals surface area contributed by atoms with Gasteiger partial charge in [0.15, 0.2) is 0 Å². The summed E-state index contributed by atoms with van der Waals surface area (Å²) in [7, 11) is 2.06. The van der Waals surface area contributed by atoms with Crippen LogP contribution in [0.5, 0.6) is 0 Å². The van der Waals surface area contributed by atoms with Crippen molar-refractivity contribution >= 4 is 23.4 Å². The number of carboxylic acid groups (broad SMARTS) is 1. The van der Waals surface area contributed by atoms with Crippen LogP contribution in [-0.4, -0.2) is 42.3 Å². The highest BCUT2D eigenvalue weighted by molar-refractivity contribution is 6.30. The lowest BCUT2D eigenvalue weighted by Gasteiger charge is -2.41. The molecule has 0 aromatic heterocycles. The smallest absolute Gasteiger partial charge is 0.407 e. The van der Waals surface area contributed by atoms with Crippen LogP contribution in [0, 0.1) is 5.92 Å². The summed E-state index contributed by atoms with van der Waals surface area (Å²) in [5, 5.41) is 9.75. The highest BCUT2D eigenvalue weighted by Gasteiger charge is 2.31. The van der Waals surface area contributed by atoms with Crippen LogP contribution in [0.15, 0.2) is 24.3 Å². The van der Waals surface area contributed by atoms with Crippen molar-refractivity contribution in [2.45, 2.75) is 19.4 Å². The van der Waals surface area contributed by atoms with E-state index in [9.17, 15) is 4.79 Å². The lowest BCUT2D eigenvalue weighted by atomic mass is 9.92. The second-order valence-corrected chi connectivity index (χ2v) is 5.59. The summed E-state index contributed by atoms with van der Waals surface area (Å²) in [6.07, 6.45) is 0.0338. The van der Waals surface area contributed by atoms with Crippen LogP contribution in [-0.2, 0) is 0 Å². The van der Waals surface area contributed by atoms with E-state index in [4.69, 9.17) is 16.7 Å². The van der Waals surface area contributed by atoms with E-state index >= 15 is 0 Å². The van der Waals surface area contributed by atoms with Gasteiger partial charge in [-0.1, -0.05) is 18.5 Å². The van der Waals surface area contributed by atoms with Gasteiger partial charge in [0.2, 0.25) is 0 Å². The fraction of sp³-hybridized carbons (Fsp3) is 0.500. The van der Waals surface area contributed by atoms with E-state index in [0.717, 1.165) is 17.1 Å². The molecule has 4 nitrogen and oxygen atoms in total. The molecule has 19 heavy (non-hydrogen) atoms. The van der Waals surface area contributed by atoms with Gasteiger partial charge in [-0.05, 0) is 36.6 Å². The maximum absolute atomic E-state index is 11.0. The molecule has 2 rings (SSSR count). The fourth-order valence-electron chi connectivity index (χ4n) is 2.75. The first-order chi connectivity index (χ1) is 8.99. The van der Waals surface area contributed by atoms with E-state index in [1.807, 2.05) is 24.3 Å². The van der Waals surface area contributed by atoms with Gasteiger partial charge in [-0.2, -0.15) is 0 Å². The maximum atomic E-state index is 11.0. The number of amides is 1. The van der Waals surface area contributed by atoms with Gasteiger partial charge in [-0.3, -0.25) is 0 Å². The molecule has 1 heterocycles. The third kappa shape index (κ3) is 3.13. The van der Waals surface area contributed by atoms with Crippen LogP contribution in [0.2, 0.25) is 5.02 Å². The highest BCUT2D eigenvalue weighted by atomic mass is 35.5. The van der Waals surface area contributed by atoms with Crippen molar-refractivity contribution in [1.82, 2.24) is 4.90 Å². The Hall–Kier alpha value is -1.42. The number of hydrogen-bond acceptors (Lipinski definition) is 2. The molecular weight excluding hydrogens is 264 g/mol. The molecule has 0 unspecified atom stereocenters. The number of halogens is 1. The van der Waals surface area contributed by atoms with E-state index < -0.39 is 6.09 Å². The van der Waals surface area contributed by atoms with Crippen molar-refractivity contribution in [2.24, 2.45) is 5.92 Å². The number of rotatable bonds is 2. The van der Waals surface area contributed by atoms with Gasteiger partial charge in [0, 0.05) is 36.9 Å². The molecule has 2 atom stereocenters. The number of nitrogens with zero attached hydrogens (tertiary/aromatic N) is 2. The number of anilines is 1. The zero-order chi connectivity index (χ0) is 14.0. The van der Waals surface area contributed by atoms with Crippen molar-refractivity contribution in [1.29, 1.82) is 0 Å². The Bertz CT molecular complexity index is 449. The van der Waals surface area contributed by atoms with Gasteiger partial charge < -0.3 is 14.9 Å². The third-order valence-corrected chi connectivity index (χ3v) is 4.11. The molecule has 0 aliphatic carbocycles. The zero-order valence-corrected chi connectivity index (χ0v) is 12.0. The van der Waals surface area contributed by atoms with Gasteiger partial charge in [-0.15, -0.1) is 0 Å². The lowest BCUT2D eigenvalue weighted by Crippen LogP contribution is -2.50. The van der Waals surface area contributed by atoms with Gasteiger partial charge in [0.25, 0.3) is 0 Å². The SMILES string of the molecule is C[C@@H]1CN(C(=O)O)CC[C@@H]1N(C)c1ccc(Cl)cc1. The molecule has 5 heteroatoms. The van der Waals surface area contributed by atoms with Crippen LogP contribution in [0.1, 0.15) is 13.3 Å². The summed E-state index contributed by atoms with van der Waals surface area (Å²) in [5.41, 5.74) is 1.12. The molecule has 0 spiro atoms. The van der Waals surface area contributed by atoms with Crippen molar-refractivity contribution in [2.75, 3.05) is 25.0 Å². The Labute approximate surface area is 118 Å². The molecule has 1 fully saturated rings. The minimum Gasteiger partial charge on any atom is -0.465 e. The van der Waals surface area contributed by atoms with Crippen molar-refractivity contribution in [3.05, 3.63) is 29.3 Å². The normalized spacial score (nSPS) is 23.2. The molecule has 1 aromatic carbocycles. The molecule has 0 bridgehead atoms. The zero-order valence-electron chi connectivity index (χ0n) is 11.2. The van der Waals surface area contributed by atoms with Crippen LogP contribution in [0.3, 0.4) is 0 Å². The number of likely N-dealkylation sites (tertiary alicyclic amines) is 1. The summed E-state index contributed by atoms with van der Waals surface area (Å²) in [6.45, 7) is 3.30. The predicted octanol–water partition coefficient (Wildman–Crippen LogP) is 3.16. The summed E-state index contributed by atoms with van der Waals surface area (Å²) in [5.74, 6) is 0.311. The second-order valence-electron chi connectivity index (χ2n) is 5.15. The second kappa shape index (κ2) is 5.70. The first-order valence-corrected chi connectivity index (χ1v) is 6.83. The number of carbonyl (C=O) groups is 1. The molecule has 0 radical (unpaired) electrons. The average molecular weight is 283 g/mol. The molecule has 1 aliphatic rings. The van der Waals surface area contributed by atoms with E-state index in [1.54, 1.807) is 0 Å². The molecule has 0 saturated carbocycles. The van der Waals surface area contributed by atoms with Gasteiger partial charge in [0.05, 0.1) is 0 Å². The van der Waals surface area contributed by atoms with Crippen LogP contribution < -0.4 is 4.90 Å². The van der Waals surface area contributed by atoms with Gasteiger partial charge >= 0.3 is 6.09 Å². The average Bonchev–Trinajstić information content (AvgIpc) is 2.38. The number of piperidine rings is 1. The van der Waals surface area contributed by atoms with Crippen molar-refractivity contribution < 1.29 is 9.90 Å². The standard InChI is InChI=1S/C14H19ClN2O2/c1-10-9-17(14(18)19)8-7-13(10)16(2)12-5-3-11(15)4-6-12/h3-6,10,13H,7-9H2,1-2H3,(H,18,19)/t10-,13+/m1/s1. The van der Waals surface area contributed by atoms with Crippen molar-refractivity contribution in [3.63, 3.8) is 0 Å². The quantitative estimate of drug-likeness (QED) is 0.906. The first kappa shape index (κ1) is 14.0. The summed E-state index contributed by atoms with van der Waals surface area (Å²) in [6, 6.07) is 8.11. The topological polar surface area (TPSA) is 43.8 Å². The van der Waals surface area contributed by atoms with E-state index in [-0.39, 0.29) is 0 Å². The molecule has 1 amide bonds. The summed E-state index contributed by atoms with van der Waals surface area (Å²) >= 11 is 5.89. The summed E-state index contributed by atoms with van der Waals surface area (Å²) in [4.78, 5) is 14.7. The molecule has 1 saturated heterocycles. The fourth-order valence-corrected chi connectivity index (χ4v) is 2.88. The minimum atomic E-state index is -0.820. The Morgan fingerprint density at radius 1 is 1.42 bits per heavy atom. The molecule has 104 valence electrons. The Morgan fingerprint density at radius 3 is 2.58 bits per heavy atom. The predicted molar refractivity (Wildman–Crippen MR) is 77.0 cm³/mol. The Kier molecular flexibility index (Phi) is 4.20. The summed E-state index contributed by atoms with van der Waals surface area (Å²) < 4.78 is 0. The van der Waals surface area contributed by atoms with E-state index in [1.165, 1.54) is 4.90 Å². The lowest BCUT2D eigenvalue weighted by molar-refractivity contribution is 0.116. The first-order valence-electron chi connectivity index (χ1n) is 6.45. The molecular formula is C14H19ClN2O2. The monoisotopic (exact) mass is 282 g/mol. The van der Waals surface area contributed by atoms with Crippen LogP contribution >= 0.6 is 11.6 Å². The van der Waals surface area contributed by atoms with Crippen LogP contribution in [0.4, 0.5) is 10.5 Å².